The van der Waals surface area contributed by atoms with Crippen LogP contribution in [0.15, 0.2) is 0 Å². The van der Waals surface area contributed by atoms with E-state index in [4.69, 9.17) is 5.73 Å². The highest BCUT2D eigenvalue weighted by molar-refractivity contribution is 8.31. The van der Waals surface area contributed by atoms with Gasteiger partial charge in [-0.3, -0.25) is 10.2 Å². The van der Waals surface area contributed by atoms with Crippen LogP contribution in [-0.2, 0) is 0 Å². The van der Waals surface area contributed by atoms with Crippen LogP contribution in [0.4, 0.5) is 4.79 Å². The largest absolute Gasteiger partial charge is 0.375 e. The van der Waals surface area contributed by atoms with E-state index in [9.17, 15) is 4.79 Å². The maximum Gasteiger partial charge on any atom is 0.259 e. The predicted molar refractivity (Wildman–Crippen MR) is 45.0 cm³/mol. The second kappa shape index (κ2) is 4.86. The van der Waals surface area contributed by atoms with E-state index in [2.05, 4.69) is 35.1 Å². The lowest BCUT2D eigenvalue weighted by atomic mass is 11.2. The number of nitrogens with two attached hydrogens (primary N) is 1. The molecule has 0 amide bonds. The van der Waals surface area contributed by atoms with Gasteiger partial charge < -0.3 is 5.73 Å². The molecule has 4 N–H and O–H groups in total. The third-order valence-electron chi connectivity index (χ3n) is 0.313. The standard InChI is InChI=1S/C2H5N3OS3/c3-1(7)4-5-9-2(6)8/h5H,(H,6,8)(H3,3,4,7). The van der Waals surface area contributed by atoms with Crippen LogP contribution in [0.5, 0.6) is 0 Å². The molecular formula is C2H5N3OS3. The quantitative estimate of drug-likeness (QED) is 0.209. The van der Waals surface area contributed by atoms with E-state index >= 15 is 0 Å². The van der Waals surface area contributed by atoms with Crippen molar-refractivity contribution in [3.05, 3.63) is 0 Å². The molecular weight excluding hydrogens is 178 g/mol. The number of thiocarbonyl (C=S) groups is 1. The van der Waals surface area contributed by atoms with Crippen LogP contribution in [0.3, 0.4) is 0 Å². The molecule has 0 saturated heterocycles. The van der Waals surface area contributed by atoms with Crippen molar-refractivity contribution in [1.29, 1.82) is 0 Å². The summed E-state index contributed by atoms with van der Waals surface area (Å²) in [7, 11) is 0. The van der Waals surface area contributed by atoms with Crippen molar-refractivity contribution in [3.8, 4) is 0 Å². The van der Waals surface area contributed by atoms with Crippen molar-refractivity contribution in [2.24, 2.45) is 5.73 Å². The molecule has 0 spiro atoms. The van der Waals surface area contributed by atoms with Crippen LogP contribution < -0.4 is 16.0 Å². The fourth-order valence-electron chi connectivity index (χ4n) is 0.119. The van der Waals surface area contributed by atoms with Crippen molar-refractivity contribution < 1.29 is 4.79 Å². The lowest BCUT2D eigenvalue weighted by Gasteiger charge is -1.99. The number of hydrazine groups is 1. The minimum absolute atomic E-state index is 0.0806. The Kier molecular flexibility index (Phi) is 4.87. The Balaban J connectivity index is 3.10. The Morgan fingerprint density at radius 2 is 2.33 bits per heavy atom. The first kappa shape index (κ1) is 9.02. The SMILES string of the molecule is NC(=S)NNSC(=O)S. The topological polar surface area (TPSA) is 67.2 Å². The second-order valence-electron chi connectivity index (χ2n) is 0.959. The summed E-state index contributed by atoms with van der Waals surface area (Å²) in [5.74, 6) is 0. The molecule has 4 nitrogen and oxygen atoms in total. The summed E-state index contributed by atoms with van der Waals surface area (Å²) in [6.07, 6.45) is 0. The lowest BCUT2D eigenvalue weighted by Crippen LogP contribution is -2.37. The summed E-state index contributed by atoms with van der Waals surface area (Å²) in [4.78, 5) is 12.4. The van der Waals surface area contributed by atoms with Gasteiger partial charge in [-0.1, -0.05) is 12.6 Å². The van der Waals surface area contributed by atoms with Gasteiger partial charge in [0.25, 0.3) is 4.45 Å². The summed E-state index contributed by atoms with van der Waals surface area (Å²) >= 11 is 8.60. The number of thiol groups is 1. The van der Waals surface area contributed by atoms with E-state index in [1.165, 1.54) is 0 Å². The van der Waals surface area contributed by atoms with Gasteiger partial charge in [-0.15, -0.1) is 0 Å². The second-order valence-corrected chi connectivity index (χ2v) is 2.89. The van der Waals surface area contributed by atoms with Crippen LogP contribution in [0, 0.1) is 0 Å². The van der Waals surface area contributed by atoms with E-state index in [-0.39, 0.29) is 9.56 Å². The van der Waals surface area contributed by atoms with E-state index < -0.39 is 0 Å². The monoisotopic (exact) mass is 183 g/mol. The molecule has 0 unspecified atom stereocenters. The van der Waals surface area contributed by atoms with Gasteiger partial charge in [-0.05, 0) is 12.2 Å². The molecule has 0 aromatic carbocycles. The number of nitrogens with one attached hydrogen (secondary N) is 2. The minimum Gasteiger partial charge on any atom is -0.375 e. The highest BCUT2D eigenvalue weighted by atomic mass is 32.2. The van der Waals surface area contributed by atoms with E-state index in [0.717, 1.165) is 11.9 Å². The predicted octanol–water partition coefficient (Wildman–Crippen LogP) is 0.0222. The first-order valence-electron chi connectivity index (χ1n) is 1.83. The maximum atomic E-state index is 10.1. The Morgan fingerprint density at radius 1 is 1.78 bits per heavy atom. The first-order chi connectivity index (χ1) is 4.13. The Bertz CT molecular complexity index is 112. The summed E-state index contributed by atoms with van der Waals surface area (Å²) in [5, 5.41) is 0.0806. The number of carbonyl (C=O) groups excluding carboxylic acids is 1. The summed E-state index contributed by atoms with van der Waals surface area (Å²) < 4.78 is -0.362. The highest BCUT2D eigenvalue weighted by Crippen LogP contribution is 1.97. The molecule has 0 aliphatic heterocycles. The molecule has 9 heavy (non-hydrogen) atoms. The van der Waals surface area contributed by atoms with E-state index in [0.29, 0.717) is 0 Å². The first-order valence-corrected chi connectivity index (χ1v) is 3.50. The van der Waals surface area contributed by atoms with Gasteiger partial charge in [0, 0.05) is 11.9 Å². The van der Waals surface area contributed by atoms with E-state index in [1.54, 1.807) is 0 Å². The Labute approximate surface area is 67.4 Å². The zero-order chi connectivity index (χ0) is 7.28. The highest BCUT2D eigenvalue weighted by Gasteiger charge is 1.91. The molecule has 0 saturated carbocycles. The van der Waals surface area contributed by atoms with Crippen molar-refractivity contribution >= 4 is 46.4 Å². The Hall–Kier alpha value is 0.0200. The maximum absolute atomic E-state index is 10.1. The van der Waals surface area contributed by atoms with Crippen LogP contribution in [0.1, 0.15) is 0 Å². The molecule has 0 radical (unpaired) electrons. The smallest absolute Gasteiger partial charge is 0.259 e. The van der Waals surface area contributed by atoms with Crippen LogP contribution in [0.2, 0.25) is 0 Å². The molecule has 0 bridgehead atoms. The van der Waals surface area contributed by atoms with Gasteiger partial charge in [0.05, 0.1) is 0 Å². The normalized spacial score (nSPS) is 8.56. The van der Waals surface area contributed by atoms with Crippen molar-refractivity contribution in [1.82, 2.24) is 10.3 Å². The molecule has 0 aliphatic carbocycles. The van der Waals surface area contributed by atoms with Gasteiger partial charge in [0.15, 0.2) is 5.11 Å². The zero-order valence-corrected chi connectivity index (χ0v) is 6.78. The Morgan fingerprint density at radius 3 is 2.67 bits per heavy atom. The molecule has 0 aliphatic rings. The van der Waals surface area contributed by atoms with Gasteiger partial charge in [-0.25, -0.2) is 0 Å². The molecule has 7 heteroatoms. The number of hydrogen-bond acceptors (Lipinski definition) is 4. The third-order valence-corrected chi connectivity index (χ3v) is 1.07. The zero-order valence-electron chi connectivity index (χ0n) is 4.25. The summed E-state index contributed by atoms with van der Waals surface area (Å²) in [6, 6.07) is 0. The van der Waals surface area contributed by atoms with Crippen LogP contribution in [0.25, 0.3) is 0 Å². The fourth-order valence-corrected chi connectivity index (χ4v) is 0.620. The molecule has 0 rings (SSSR count). The van der Waals surface area contributed by atoms with Crippen LogP contribution in [-0.4, -0.2) is 9.56 Å². The number of hydrogen-bond donors (Lipinski definition) is 4. The number of rotatable bonds is 2. The van der Waals surface area contributed by atoms with Crippen molar-refractivity contribution in [2.45, 2.75) is 0 Å². The molecule has 0 fully saturated rings. The summed E-state index contributed by atoms with van der Waals surface area (Å²) in [5.41, 5.74) is 7.32. The van der Waals surface area contributed by atoms with E-state index in [1.807, 2.05) is 0 Å². The van der Waals surface area contributed by atoms with Gasteiger partial charge >= 0.3 is 0 Å². The molecule has 0 atom stereocenters. The van der Waals surface area contributed by atoms with Crippen molar-refractivity contribution in [2.75, 3.05) is 0 Å². The van der Waals surface area contributed by atoms with Crippen LogP contribution >= 0.6 is 36.8 Å². The van der Waals surface area contributed by atoms with Gasteiger partial charge in [0.1, 0.15) is 0 Å². The molecule has 52 valence electrons. The average molecular weight is 183 g/mol. The van der Waals surface area contributed by atoms with Gasteiger partial charge in [0.2, 0.25) is 0 Å². The van der Waals surface area contributed by atoms with Crippen molar-refractivity contribution in [3.63, 3.8) is 0 Å². The molecule has 0 aromatic rings. The minimum atomic E-state index is -0.362. The lowest BCUT2D eigenvalue weighted by molar-refractivity contribution is 0.276. The van der Waals surface area contributed by atoms with Gasteiger partial charge in [-0.2, -0.15) is 4.83 Å². The third kappa shape index (κ3) is 8.02. The fraction of sp³-hybridized carbons (Fsp3) is 0. The summed E-state index contributed by atoms with van der Waals surface area (Å²) in [6.45, 7) is 0. The average Bonchev–Trinajstić information content (AvgIpc) is 1.63. The molecule has 0 aromatic heterocycles. The number of carbonyl (C=O) groups is 1. The molecule has 0 heterocycles.